The van der Waals surface area contributed by atoms with Crippen molar-refractivity contribution < 1.29 is 23.0 Å². The second-order valence-electron chi connectivity index (χ2n) is 14.0. The molecule has 2 aliphatic heterocycles. The molecule has 0 spiro atoms. The molecule has 5 aliphatic rings. The average Bonchev–Trinajstić information content (AvgIpc) is 4.02. The molecule has 8 rings (SSSR count). The average molecular weight is 708 g/mol. The van der Waals surface area contributed by atoms with E-state index in [1.54, 1.807) is 24.9 Å². The van der Waals surface area contributed by atoms with Gasteiger partial charge in [0.1, 0.15) is 22.2 Å². The fourth-order valence-corrected chi connectivity index (χ4v) is 7.49. The molecule has 3 atom stereocenters. The summed E-state index contributed by atoms with van der Waals surface area (Å²) in [6.45, 7) is 6.35. The van der Waals surface area contributed by atoms with Crippen LogP contribution in [0.25, 0.3) is 17.3 Å². The number of nitrogens with zero attached hydrogens (tertiary/aromatic N) is 2. The van der Waals surface area contributed by atoms with E-state index in [0.29, 0.717) is 47.1 Å². The van der Waals surface area contributed by atoms with Crippen LogP contribution < -0.4 is 30.6 Å². The molecular weight excluding hydrogens is 660 g/mol. The van der Waals surface area contributed by atoms with Gasteiger partial charge in [0, 0.05) is 60.3 Å². The van der Waals surface area contributed by atoms with E-state index in [9.17, 15) is 8.78 Å². The zero-order chi connectivity index (χ0) is 35.6. The Morgan fingerprint density at radius 3 is 2.56 bits per heavy atom. The Morgan fingerprint density at radius 1 is 1.20 bits per heavy atom. The summed E-state index contributed by atoms with van der Waals surface area (Å²) >= 11 is 6.52. The van der Waals surface area contributed by atoms with Crippen LogP contribution >= 0.6 is 11.6 Å². The number of likely N-dealkylation sites (N-methyl/N-ethyl adjacent to an activating group) is 1. The number of allylic oxidation sites excluding steroid dienone is 1. The molecular formula is C39H48ClF2N5O3. The van der Waals surface area contributed by atoms with Crippen LogP contribution in [0.5, 0.6) is 17.4 Å². The third-order valence-corrected chi connectivity index (χ3v) is 10.5. The van der Waals surface area contributed by atoms with Gasteiger partial charge in [-0.15, -0.1) is 0 Å². The molecule has 0 saturated heterocycles. The fourth-order valence-electron chi connectivity index (χ4n) is 7.21. The lowest BCUT2D eigenvalue weighted by Crippen LogP contribution is -2.41. The van der Waals surface area contributed by atoms with Crippen LogP contribution in [0.1, 0.15) is 79.7 Å². The predicted molar refractivity (Wildman–Crippen MR) is 196 cm³/mol. The second-order valence-corrected chi connectivity index (χ2v) is 14.4. The highest BCUT2D eigenvalue weighted by Crippen LogP contribution is 2.51. The lowest BCUT2D eigenvalue weighted by molar-refractivity contribution is -0.117. The number of hydrogen-bond donors (Lipinski definition) is 3. The zero-order valence-electron chi connectivity index (χ0n) is 29.3. The van der Waals surface area contributed by atoms with Crippen molar-refractivity contribution in [2.24, 2.45) is 17.6 Å². The third kappa shape index (κ3) is 7.86. The molecule has 8 nitrogen and oxygen atoms in total. The maximum atomic E-state index is 13.6. The summed E-state index contributed by atoms with van der Waals surface area (Å²) in [6, 6.07) is 8.96. The third-order valence-electron chi connectivity index (χ3n) is 10.1. The minimum absolute atomic E-state index is 0.108. The van der Waals surface area contributed by atoms with Crippen LogP contribution in [-0.4, -0.2) is 56.4 Å². The summed E-state index contributed by atoms with van der Waals surface area (Å²) in [5.74, 6) is 0.297. The molecule has 3 aromatic rings. The number of rotatable bonds is 9. The topological polar surface area (TPSA) is 104 Å². The molecule has 2 aromatic heterocycles. The maximum Gasteiger partial charge on any atom is 0.248 e. The van der Waals surface area contributed by atoms with Gasteiger partial charge >= 0.3 is 0 Å². The van der Waals surface area contributed by atoms with Gasteiger partial charge in [0.05, 0.1) is 26.5 Å². The number of halogens is 3. The number of aromatic nitrogens is 2. The minimum Gasteiger partial charge on any atom is -0.495 e. The summed E-state index contributed by atoms with van der Waals surface area (Å²) in [7, 11) is 5.11. The van der Waals surface area contributed by atoms with Gasteiger partial charge in [0.2, 0.25) is 11.8 Å². The van der Waals surface area contributed by atoms with Crippen molar-refractivity contribution in [3.8, 4) is 28.6 Å². The van der Waals surface area contributed by atoms with Gasteiger partial charge in [-0.1, -0.05) is 36.8 Å². The normalized spacial score (nSPS) is 21.4. The molecule has 50 heavy (non-hydrogen) atoms. The van der Waals surface area contributed by atoms with Crippen molar-refractivity contribution in [1.29, 1.82) is 0 Å². The standard InChI is InChI=1S/C21H24ClF2N3O2.C16H19NO.C2H5N/c1-11-10-29-19-14(11)6-16(15(9-25-2)12-7-21(23,24)8-12)27-18(19)13-4-5-26-20(28-3)17(13)22;1-18-15-8-11(6-10-2-3-10)7-13-9-14(12-4-5-12)17-16(13)15;1-2-3/h4-6,11-12,15,25H,7-10H2,1-3H3;6-8,12,14,17H,2-5,9H2,1H3;2H,1,3H2. The van der Waals surface area contributed by atoms with Crippen molar-refractivity contribution in [2.45, 2.75) is 75.7 Å². The van der Waals surface area contributed by atoms with Gasteiger partial charge in [-0.2, -0.15) is 0 Å². The number of nitrogens with two attached hydrogens (primary N) is 1. The number of ether oxygens (including phenoxy) is 3. The number of alkyl halides is 2. The highest BCUT2D eigenvalue weighted by Gasteiger charge is 2.49. The van der Waals surface area contributed by atoms with Gasteiger partial charge in [0.15, 0.2) is 0 Å². The van der Waals surface area contributed by atoms with Gasteiger partial charge in [-0.3, -0.25) is 0 Å². The van der Waals surface area contributed by atoms with E-state index >= 15 is 0 Å². The van der Waals surface area contributed by atoms with E-state index in [-0.39, 0.29) is 30.6 Å². The fraction of sp³-hybridized carbons (Fsp3) is 0.487. The minimum atomic E-state index is -2.58. The van der Waals surface area contributed by atoms with Crippen molar-refractivity contribution in [3.05, 3.63) is 76.2 Å². The smallest absolute Gasteiger partial charge is 0.248 e. The number of benzene rings is 1. The molecule has 3 fully saturated rings. The first-order valence-electron chi connectivity index (χ1n) is 17.5. The molecule has 11 heteroatoms. The van der Waals surface area contributed by atoms with Gasteiger partial charge < -0.3 is 30.6 Å². The molecule has 3 unspecified atom stereocenters. The van der Waals surface area contributed by atoms with E-state index in [2.05, 4.69) is 53.1 Å². The SMILES string of the molecule is C=CN.CNCC(c1cc2c(c(-c3ccnc(OC)c3Cl)n1)OCC2C)C1CC(F)(F)C1.COc1cc(C=C2CC2)cc2c1NC(C1CC1)C2. The first-order valence-corrected chi connectivity index (χ1v) is 17.9. The highest BCUT2D eigenvalue weighted by molar-refractivity contribution is 6.34. The monoisotopic (exact) mass is 707 g/mol. The highest BCUT2D eigenvalue weighted by atomic mass is 35.5. The summed E-state index contributed by atoms with van der Waals surface area (Å²) in [6.07, 6.45) is 11.5. The Balaban J connectivity index is 0.000000175. The summed E-state index contributed by atoms with van der Waals surface area (Å²) < 4.78 is 43.9. The van der Waals surface area contributed by atoms with Crippen LogP contribution in [0.2, 0.25) is 5.02 Å². The Labute approximate surface area is 298 Å². The number of nitrogens with one attached hydrogen (secondary N) is 2. The largest absolute Gasteiger partial charge is 0.495 e. The lowest BCUT2D eigenvalue weighted by atomic mass is 9.71. The number of pyridine rings is 2. The maximum absolute atomic E-state index is 13.6. The molecule has 4 heterocycles. The molecule has 1 aromatic carbocycles. The summed E-state index contributed by atoms with van der Waals surface area (Å²) in [5.41, 5.74) is 13.3. The molecule has 0 radical (unpaired) electrons. The lowest BCUT2D eigenvalue weighted by Gasteiger charge is -2.40. The number of methoxy groups -OCH3 is 2. The van der Waals surface area contributed by atoms with Crippen LogP contribution in [0.4, 0.5) is 14.5 Å². The predicted octanol–water partition coefficient (Wildman–Crippen LogP) is 8.36. The molecule has 0 bridgehead atoms. The van der Waals surface area contributed by atoms with E-state index in [1.807, 2.05) is 13.1 Å². The van der Waals surface area contributed by atoms with E-state index in [0.717, 1.165) is 22.9 Å². The van der Waals surface area contributed by atoms with Crippen LogP contribution in [0.3, 0.4) is 0 Å². The number of fused-ring (bicyclic) bond motifs is 2. The number of anilines is 1. The van der Waals surface area contributed by atoms with Crippen molar-refractivity contribution >= 4 is 23.4 Å². The van der Waals surface area contributed by atoms with E-state index in [1.165, 1.54) is 62.2 Å². The van der Waals surface area contributed by atoms with Crippen molar-refractivity contribution in [1.82, 2.24) is 15.3 Å². The second kappa shape index (κ2) is 15.2. The van der Waals surface area contributed by atoms with Gasteiger partial charge in [0.25, 0.3) is 0 Å². The molecule has 0 amide bonds. The van der Waals surface area contributed by atoms with Gasteiger partial charge in [-0.05, 0) is 92.6 Å². The molecule has 4 N–H and O–H groups in total. The molecule has 268 valence electrons. The number of hydrogen-bond acceptors (Lipinski definition) is 8. The van der Waals surface area contributed by atoms with Crippen molar-refractivity contribution in [3.63, 3.8) is 0 Å². The van der Waals surface area contributed by atoms with Crippen LogP contribution in [-0.2, 0) is 6.42 Å². The zero-order valence-corrected chi connectivity index (χ0v) is 30.1. The summed E-state index contributed by atoms with van der Waals surface area (Å²) in [4.78, 5) is 9.01. The van der Waals surface area contributed by atoms with Crippen LogP contribution in [0.15, 0.2) is 48.8 Å². The van der Waals surface area contributed by atoms with Gasteiger partial charge in [-0.25, -0.2) is 18.7 Å². The quantitative estimate of drug-likeness (QED) is 0.204. The van der Waals surface area contributed by atoms with Crippen LogP contribution in [0, 0.1) is 11.8 Å². The first kappa shape index (κ1) is 35.9. The molecule has 3 aliphatic carbocycles. The first-order chi connectivity index (χ1) is 24.1. The van der Waals surface area contributed by atoms with Crippen molar-refractivity contribution in [2.75, 3.05) is 39.7 Å². The summed E-state index contributed by atoms with van der Waals surface area (Å²) in [5, 5.41) is 7.16. The van der Waals surface area contributed by atoms with E-state index in [4.69, 9.17) is 30.8 Å². The Morgan fingerprint density at radius 2 is 1.94 bits per heavy atom. The Bertz CT molecular complexity index is 1730. The van der Waals surface area contributed by atoms with E-state index < -0.39 is 5.92 Å². The molecule has 3 saturated carbocycles. The Hall–Kier alpha value is -3.89. The Kier molecular flexibility index (Phi) is 10.9.